The van der Waals surface area contributed by atoms with Gasteiger partial charge >= 0.3 is 14.8 Å². The van der Waals surface area contributed by atoms with E-state index in [1.54, 1.807) is 0 Å². The number of rotatable bonds is 5. The first kappa shape index (κ1) is 4.39. The van der Waals surface area contributed by atoms with Crippen molar-refractivity contribution in [3.63, 3.8) is 0 Å². The van der Waals surface area contributed by atoms with E-state index in [4.69, 9.17) is 4.29 Å². The first-order chi connectivity index (χ1) is 5.60. The molecule has 0 heterocycles. The Kier molecular flexibility index (Phi) is 1.43. The normalized spacial score (nSPS) is 15.4. The molecule has 0 aliphatic heterocycles. The van der Waals surface area contributed by atoms with E-state index >= 15 is 0 Å². The van der Waals surface area contributed by atoms with Gasteiger partial charge in [-0.05, 0) is 0 Å². The smallest absolute Gasteiger partial charge is 0.461 e. The Balaban J connectivity index is 4.01. The van der Waals surface area contributed by atoms with Gasteiger partial charge in [-0.25, -0.2) is 0 Å². The molecule has 0 atom stereocenters. The summed E-state index contributed by atoms with van der Waals surface area (Å²) in [5.74, 6) is -0.627. The van der Waals surface area contributed by atoms with Gasteiger partial charge in [0.25, 0.3) is 0 Å². The van der Waals surface area contributed by atoms with Gasteiger partial charge in [-0.1, -0.05) is 0 Å². The van der Waals surface area contributed by atoms with Crippen LogP contribution in [0.3, 0.4) is 0 Å². The molecule has 0 aromatic heterocycles. The molecule has 0 unspecified atom stereocenters. The summed E-state index contributed by atoms with van der Waals surface area (Å²) in [6.45, 7) is 1.14. The highest BCUT2D eigenvalue weighted by Gasteiger charge is 2.28. The zero-order chi connectivity index (χ0) is 9.61. The van der Waals surface area contributed by atoms with Crippen molar-refractivity contribution in [1.82, 2.24) is 0 Å². The maximum absolute atomic E-state index is 10.3. The molecule has 0 saturated heterocycles. The lowest BCUT2D eigenvalue weighted by molar-refractivity contribution is -0.140. The van der Waals surface area contributed by atoms with Gasteiger partial charge in [0, 0.05) is 6.92 Å². The predicted molar refractivity (Wildman–Crippen MR) is 29.0 cm³/mol. The van der Waals surface area contributed by atoms with Gasteiger partial charge in [0.2, 0.25) is 0 Å². The molecule has 0 rings (SSSR count). The van der Waals surface area contributed by atoms with Gasteiger partial charge in [0.05, 0.1) is 0 Å². The lowest BCUT2D eigenvalue weighted by Crippen LogP contribution is -2.41. The number of carbonyl (C=O) groups excluding carboxylic acids is 1. The van der Waals surface area contributed by atoms with Crippen LogP contribution in [0.2, 0.25) is 0 Å². The number of hydrogen-bond acceptors (Lipinski definition) is 5. The average Bonchev–Trinajstić information content (AvgIpc) is 2.08. The summed E-state index contributed by atoms with van der Waals surface area (Å²) >= 11 is 0. The van der Waals surface area contributed by atoms with Crippen molar-refractivity contribution >= 4 is 14.8 Å². The summed E-state index contributed by atoms with van der Waals surface area (Å²) in [7, 11) is -3.72. The first-order valence-corrected chi connectivity index (χ1v) is 4.09. The van der Waals surface area contributed by atoms with Crippen LogP contribution in [0.1, 0.15) is 6.92 Å². The molecule has 0 bridgehead atoms. The van der Waals surface area contributed by atoms with Crippen LogP contribution < -0.4 is 0 Å². The molecule has 0 fully saturated rings. The fourth-order valence-corrected chi connectivity index (χ4v) is 0.570. The molecule has 0 amide bonds. The summed E-state index contributed by atoms with van der Waals surface area (Å²) in [6, 6.07) is 0. The van der Waals surface area contributed by atoms with Crippen LogP contribution in [-0.2, 0) is 9.53 Å². The molecular weight excluding hydrogens is 144 g/mol. The summed E-state index contributed by atoms with van der Waals surface area (Å²) < 4.78 is 23.7. The lowest BCUT2D eigenvalue weighted by Gasteiger charge is -2.07. The first-order valence-electron chi connectivity index (χ1n) is 3.39. The van der Waals surface area contributed by atoms with Gasteiger partial charge in [0.15, 0.2) is 10.5 Å². The molecule has 9 heavy (non-hydrogen) atoms. The summed E-state index contributed by atoms with van der Waals surface area (Å²) in [5.41, 5.74) is 0. The van der Waals surface area contributed by atoms with Crippen molar-refractivity contribution in [2.45, 2.75) is 6.92 Å². The molecule has 0 aromatic carbocycles. The molecule has 54 valence electrons. The third-order valence-corrected chi connectivity index (χ3v) is 0.950. The molecule has 0 radical (unpaired) electrons. The molecule has 0 aliphatic rings. The maximum atomic E-state index is 10.3. The Hall–Kier alpha value is -0.433. The van der Waals surface area contributed by atoms with E-state index < -0.39 is 21.0 Å². The van der Waals surface area contributed by atoms with Crippen LogP contribution in [0.4, 0.5) is 0 Å². The minimum absolute atomic E-state index is 0.515. The molecule has 3 N–H and O–H groups in total. The van der Waals surface area contributed by atoms with Crippen molar-refractivity contribution in [3.05, 3.63) is 0 Å². The van der Waals surface area contributed by atoms with E-state index in [1.807, 2.05) is 0 Å². The second-order valence-electron chi connectivity index (χ2n) is 1.46. The van der Waals surface area contributed by atoms with Crippen LogP contribution in [0, 0.1) is 0 Å². The van der Waals surface area contributed by atoms with E-state index in [-0.39, 0.29) is 0 Å². The largest absolute Gasteiger partial charge is 0.532 e. The van der Waals surface area contributed by atoms with Crippen molar-refractivity contribution in [2.75, 3.05) is 6.23 Å². The maximum Gasteiger partial charge on any atom is 0.532 e. The molecule has 6 heteroatoms. The van der Waals surface area contributed by atoms with Gasteiger partial charge in [-0.15, -0.1) is 0 Å². The van der Waals surface area contributed by atoms with Crippen LogP contribution >= 0.6 is 0 Å². The lowest BCUT2D eigenvalue weighted by atomic mass is 10.8. The van der Waals surface area contributed by atoms with Crippen LogP contribution in [0.25, 0.3) is 0 Å². The van der Waals surface area contributed by atoms with E-state index in [1.165, 1.54) is 0 Å². The number of carbonyl (C=O) groups is 1. The Morgan fingerprint density at radius 2 is 2.33 bits per heavy atom. The van der Waals surface area contributed by atoms with Crippen molar-refractivity contribution in [3.8, 4) is 0 Å². The number of hydrogen-bond donors (Lipinski definition) is 3. The zero-order valence-electron chi connectivity index (χ0n) is 7.75. The van der Waals surface area contributed by atoms with Crippen molar-refractivity contribution < 1.29 is 23.9 Å². The highest BCUT2D eigenvalue weighted by atomic mass is 28.4. The van der Waals surface area contributed by atoms with E-state index in [0.717, 1.165) is 6.92 Å². The second kappa shape index (κ2) is 2.92. The van der Waals surface area contributed by atoms with Gasteiger partial charge in [-0.2, -0.15) is 0 Å². The fraction of sp³-hybridized carbons (Fsp3) is 0.667. The minimum atomic E-state index is -3.72. The van der Waals surface area contributed by atoms with E-state index in [2.05, 4.69) is 19.1 Å². The van der Waals surface area contributed by atoms with Crippen molar-refractivity contribution in [1.29, 1.82) is 4.29 Å². The van der Waals surface area contributed by atoms with Gasteiger partial charge in [-0.3, -0.25) is 4.79 Å². The second-order valence-corrected chi connectivity index (χ2v) is 3.12. The Labute approximate surface area is 57.4 Å². The molecular formula is C3H8O5Si. The Bertz CT molecular complexity index is 143. The van der Waals surface area contributed by atoms with Gasteiger partial charge in [0.1, 0.15) is 0 Å². The topological polar surface area (TPSA) is 87.0 Å². The fourth-order valence-electron chi connectivity index (χ4n) is 0.190. The minimum Gasteiger partial charge on any atom is -0.461 e. The predicted octanol–water partition coefficient (Wildman–Crippen LogP) is -2.00. The molecule has 0 spiro atoms. The quantitative estimate of drug-likeness (QED) is 0.318. The monoisotopic (exact) mass is 158 g/mol. The van der Waals surface area contributed by atoms with Crippen LogP contribution in [0.5, 0.6) is 0 Å². The summed E-state index contributed by atoms with van der Waals surface area (Å²) in [4.78, 5) is 21.9. The number of ether oxygens (including phenoxy) is 1. The van der Waals surface area contributed by atoms with E-state index in [0.29, 0.717) is 0 Å². The highest BCUT2D eigenvalue weighted by Crippen LogP contribution is 1.86. The molecule has 0 saturated carbocycles. The molecule has 5 nitrogen and oxygen atoms in total. The SMILES string of the molecule is [3H]O[Si](COC(C)=O)(O[3H])O[3H]. The summed E-state index contributed by atoms with van der Waals surface area (Å²) in [6.07, 6.45) is -0.515. The molecule has 0 aromatic rings. The number of esters is 1. The highest BCUT2D eigenvalue weighted by molar-refractivity contribution is 6.56. The van der Waals surface area contributed by atoms with E-state index in [9.17, 15) is 4.79 Å². The van der Waals surface area contributed by atoms with Crippen LogP contribution in [0.15, 0.2) is 0 Å². The Morgan fingerprint density at radius 3 is 2.67 bits per heavy atom. The third-order valence-electron chi connectivity index (χ3n) is 0.452. The third kappa shape index (κ3) is 7.57. The Morgan fingerprint density at radius 1 is 1.78 bits per heavy atom. The average molecular weight is 158 g/mol. The zero-order valence-corrected chi connectivity index (χ0v) is 5.75. The summed E-state index contributed by atoms with van der Waals surface area (Å²) in [5, 5.41) is 0. The van der Waals surface area contributed by atoms with Crippen molar-refractivity contribution in [2.24, 2.45) is 0 Å². The molecule has 0 aliphatic carbocycles. The van der Waals surface area contributed by atoms with Crippen LogP contribution in [-0.4, -0.2) is 39.7 Å². The van der Waals surface area contributed by atoms with Gasteiger partial charge < -0.3 is 19.1 Å². The standard InChI is InChI=1S/C3H8O5Si/c1-3(4)8-2-9(5,6)7/h5-7H,2H2,1H3/i5T,6T,7T.